The van der Waals surface area contributed by atoms with Gasteiger partial charge in [0.2, 0.25) is 0 Å². The lowest BCUT2D eigenvalue weighted by molar-refractivity contribution is 0.709. The monoisotopic (exact) mass is 226 g/mol. The minimum Gasteiger partial charge on any atom is -0.396 e. The molecule has 4 N–H and O–H groups in total. The molecule has 3 rings (SSSR count). The molecule has 0 aliphatic heterocycles. The highest BCUT2D eigenvalue weighted by Gasteiger charge is 2.43. The van der Waals surface area contributed by atoms with Crippen molar-refractivity contribution in [2.75, 3.05) is 5.73 Å². The van der Waals surface area contributed by atoms with E-state index in [1.54, 1.807) is 6.20 Å². The molecule has 1 aliphatic rings. The van der Waals surface area contributed by atoms with Crippen molar-refractivity contribution in [3.8, 4) is 11.4 Å². The lowest BCUT2D eigenvalue weighted by Crippen LogP contribution is -2.22. The molecule has 1 aliphatic carbocycles. The average molecular weight is 226 g/mol. The van der Waals surface area contributed by atoms with Gasteiger partial charge in [0, 0.05) is 5.56 Å². The van der Waals surface area contributed by atoms with E-state index in [9.17, 15) is 0 Å². The first-order valence-electron chi connectivity index (χ1n) is 5.66. The normalized spacial score (nSPS) is 16.8. The minimum absolute atomic E-state index is 0.323. The van der Waals surface area contributed by atoms with Crippen LogP contribution in [0.2, 0.25) is 0 Å². The van der Waals surface area contributed by atoms with Crippen LogP contribution < -0.4 is 11.5 Å². The Balaban J connectivity index is 2.08. The number of rotatable bonds is 2. The molecule has 1 aromatic carbocycles. The third kappa shape index (κ3) is 1.76. The summed E-state index contributed by atoms with van der Waals surface area (Å²) in [6, 6.07) is 9.85. The molecule has 2 aromatic rings. The molecule has 0 atom stereocenters. The zero-order valence-corrected chi connectivity index (χ0v) is 9.43. The molecule has 1 fully saturated rings. The van der Waals surface area contributed by atoms with E-state index in [0.29, 0.717) is 11.5 Å². The molecule has 0 saturated heterocycles. The fourth-order valence-electron chi connectivity index (χ4n) is 1.89. The van der Waals surface area contributed by atoms with Crippen molar-refractivity contribution in [3.05, 3.63) is 42.2 Å². The molecule has 1 aromatic heterocycles. The van der Waals surface area contributed by atoms with Gasteiger partial charge in [0.1, 0.15) is 0 Å². The lowest BCUT2D eigenvalue weighted by Gasteiger charge is -2.12. The van der Waals surface area contributed by atoms with Crippen LogP contribution in [0.25, 0.3) is 11.4 Å². The van der Waals surface area contributed by atoms with Crippen molar-refractivity contribution >= 4 is 5.69 Å². The number of nitrogens with zero attached hydrogens (tertiary/aromatic N) is 2. The van der Waals surface area contributed by atoms with Gasteiger partial charge in [0.25, 0.3) is 0 Å². The number of aromatic nitrogens is 2. The van der Waals surface area contributed by atoms with Gasteiger partial charge in [-0.1, -0.05) is 30.3 Å². The summed E-state index contributed by atoms with van der Waals surface area (Å²) in [4.78, 5) is 8.77. The van der Waals surface area contributed by atoms with Crippen molar-refractivity contribution < 1.29 is 0 Å². The van der Waals surface area contributed by atoms with Gasteiger partial charge in [-0.15, -0.1) is 0 Å². The van der Waals surface area contributed by atoms with Crippen LogP contribution in [-0.4, -0.2) is 9.97 Å². The number of hydrogen-bond donors (Lipinski definition) is 2. The first-order valence-corrected chi connectivity index (χ1v) is 5.66. The lowest BCUT2D eigenvalue weighted by atomic mass is 10.1. The van der Waals surface area contributed by atoms with Gasteiger partial charge in [0.15, 0.2) is 5.82 Å². The van der Waals surface area contributed by atoms with Crippen LogP contribution in [0.1, 0.15) is 18.5 Å². The Morgan fingerprint density at radius 3 is 2.47 bits per heavy atom. The quantitative estimate of drug-likeness (QED) is 0.816. The molecule has 0 amide bonds. The van der Waals surface area contributed by atoms with Crippen LogP contribution in [0.15, 0.2) is 36.5 Å². The van der Waals surface area contributed by atoms with Gasteiger partial charge in [-0.3, -0.25) is 0 Å². The van der Waals surface area contributed by atoms with Crippen molar-refractivity contribution in [2.45, 2.75) is 18.4 Å². The Morgan fingerprint density at radius 2 is 1.82 bits per heavy atom. The van der Waals surface area contributed by atoms with E-state index in [-0.39, 0.29) is 5.54 Å². The van der Waals surface area contributed by atoms with Crippen molar-refractivity contribution in [1.29, 1.82) is 0 Å². The summed E-state index contributed by atoms with van der Waals surface area (Å²) >= 11 is 0. The van der Waals surface area contributed by atoms with Crippen molar-refractivity contribution in [1.82, 2.24) is 9.97 Å². The third-order valence-corrected chi connectivity index (χ3v) is 3.11. The molecule has 1 heterocycles. The second-order valence-corrected chi connectivity index (χ2v) is 4.52. The van der Waals surface area contributed by atoms with Crippen molar-refractivity contribution in [2.24, 2.45) is 5.73 Å². The molecule has 4 heteroatoms. The Hall–Kier alpha value is -1.94. The summed E-state index contributed by atoms with van der Waals surface area (Å²) in [5.41, 5.74) is 14.1. The predicted octanol–water partition coefficient (Wildman–Crippen LogP) is 1.67. The molecule has 0 bridgehead atoms. The maximum atomic E-state index is 6.15. The molecular formula is C13H14N4. The number of nitrogens with two attached hydrogens (primary N) is 2. The fourth-order valence-corrected chi connectivity index (χ4v) is 1.89. The molecule has 0 radical (unpaired) electrons. The first-order chi connectivity index (χ1) is 8.19. The van der Waals surface area contributed by atoms with Crippen LogP contribution in [0.3, 0.4) is 0 Å². The van der Waals surface area contributed by atoms with E-state index in [4.69, 9.17) is 11.5 Å². The zero-order valence-electron chi connectivity index (χ0n) is 9.43. The van der Waals surface area contributed by atoms with E-state index in [0.717, 1.165) is 24.1 Å². The summed E-state index contributed by atoms with van der Waals surface area (Å²) in [6.45, 7) is 0. The van der Waals surface area contributed by atoms with Gasteiger partial charge in [-0.25, -0.2) is 9.97 Å². The smallest absolute Gasteiger partial charge is 0.159 e. The molecule has 17 heavy (non-hydrogen) atoms. The maximum Gasteiger partial charge on any atom is 0.159 e. The minimum atomic E-state index is -0.323. The van der Waals surface area contributed by atoms with Crippen LogP contribution >= 0.6 is 0 Å². The Labute approximate surface area is 99.7 Å². The second-order valence-electron chi connectivity index (χ2n) is 4.52. The third-order valence-electron chi connectivity index (χ3n) is 3.11. The highest BCUT2D eigenvalue weighted by Crippen LogP contribution is 2.44. The molecular weight excluding hydrogens is 212 g/mol. The van der Waals surface area contributed by atoms with Gasteiger partial charge >= 0.3 is 0 Å². The van der Waals surface area contributed by atoms with Gasteiger partial charge < -0.3 is 11.5 Å². The molecule has 0 spiro atoms. The van der Waals surface area contributed by atoms with Gasteiger partial charge in [0.05, 0.1) is 23.1 Å². The summed E-state index contributed by atoms with van der Waals surface area (Å²) in [5.74, 6) is 0.687. The predicted molar refractivity (Wildman–Crippen MR) is 67.0 cm³/mol. The Bertz CT molecular complexity index is 547. The number of benzene rings is 1. The summed E-state index contributed by atoms with van der Waals surface area (Å²) < 4.78 is 0. The van der Waals surface area contributed by atoms with E-state index >= 15 is 0 Å². The summed E-state index contributed by atoms with van der Waals surface area (Å²) in [7, 11) is 0. The van der Waals surface area contributed by atoms with E-state index in [2.05, 4.69) is 9.97 Å². The topological polar surface area (TPSA) is 77.8 Å². The second kappa shape index (κ2) is 3.53. The highest BCUT2D eigenvalue weighted by molar-refractivity contribution is 5.58. The largest absolute Gasteiger partial charge is 0.396 e. The van der Waals surface area contributed by atoms with Gasteiger partial charge in [-0.05, 0) is 12.8 Å². The highest BCUT2D eigenvalue weighted by atomic mass is 15.0. The SMILES string of the molecule is Nc1cnc(-c2ccccc2)nc1C1(N)CC1. The standard InChI is InChI=1S/C13H14N4/c14-10-8-16-12(9-4-2-1-3-5-9)17-11(10)13(15)6-7-13/h1-5,8H,6-7,14-15H2. The average Bonchev–Trinajstić information content (AvgIpc) is 3.10. The first kappa shape index (κ1) is 10.2. The Morgan fingerprint density at radius 1 is 1.12 bits per heavy atom. The number of hydrogen-bond acceptors (Lipinski definition) is 4. The molecule has 4 nitrogen and oxygen atoms in total. The fraction of sp³-hybridized carbons (Fsp3) is 0.231. The zero-order chi connectivity index (χ0) is 11.9. The van der Waals surface area contributed by atoms with Crippen LogP contribution in [0.4, 0.5) is 5.69 Å². The van der Waals surface area contributed by atoms with Crippen LogP contribution in [0, 0.1) is 0 Å². The maximum absolute atomic E-state index is 6.15. The van der Waals surface area contributed by atoms with Crippen molar-refractivity contribution in [3.63, 3.8) is 0 Å². The number of anilines is 1. The van der Waals surface area contributed by atoms with E-state index in [1.165, 1.54) is 0 Å². The molecule has 86 valence electrons. The van der Waals surface area contributed by atoms with Gasteiger partial charge in [-0.2, -0.15) is 0 Å². The van der Waals surface area contributed by atoms with Crippen LogP contribution in [-0.2, 0) is 5.54 Å². The number of nitrogen functional groups attached to an aromatic ring is 1. The van der Waals surface area contributed by atoms with Crippen LogP contribution in [0.5, 0.6) is 0 Å². The Kier molecular flexibility index (Phi) is 2.12. The molecule has 1 saturated carbocycles. The molecule has 0 unspecified atom stereocenters. The summed E-state index contributed by atoms with van der Waals surface area (Å²) in [6.07, 6.45) is 3.54. The van der Waals surface area contributed by atoms with E-state index < -0.39 is 0 Å². The van der Waals surface area contributed by atoms with E-state index in [1.807, 2.05) is 30.3 Å². The summed E-state index contributed by atoms with van der Waals surface area (Å²) in [5, 5.41) is 0.